The van der Waals surface area contributed by atoms with Crippen molar-refractivity contribution in [2.75, 3.05) is 12.4 Å². The van der Waals surface area contributed by atoms with Gasteiger partial charge < -0.3 is 9.47 Å². The molecule has 0 bridgehead atoms. The van der Waals surface area contributed by atoms with E-state index in [0.29, 0.717) is 5.69 Å². The average Bonchev–Trinajstić information content (AvgIpc) is 3.07. The lowest BCUT2D eigenvalue weighted by atomic mass is 10.1. The van der Waals surface area contributed by atoms with Crippen LogP contribution in [-0.4, -0.2) is 39.2 Å². The fraction of sp³-hybridized carbons (Fsp3) is 0.391. The molecule has 1 amide bonds. The second-order valence-corrected chi connectivity index (χ2v) is 11.8. The maximum Gasteiger partial charge on any atom is 0.411 e. The summed E-state index contributed by atoms with van der Waals surface area (Å²) in [6.07, 6.45) is -0.571. The van der Waals surface area contributed by atoms with Crippen molar-refractivity contribution in [3.63, 3.8) is 0 Å². The molecular weight excluding hydrogens is 464 g/mol. The molecule has 0 radical (unpaired) electrons. The molecule has 2 aromatic carbocycles. The number of hydrogen-bond donors (Lipinski definition) is 2. The van der Waals surface area contributed by atoms with Crippen molar-refractivity contribution in [3.8, 4) is 0 Å². The monoisotopic (exact) mass is 492 g/mol. The zero-order valence-electron chi connectivity index (χ0n) is 19.4. The molecule has 1 heterocycles. The van der Waals surface area contributed by atoms with Crippen LogP contribution in [0.25, 0.3) is 20.2 Å². The molecule has 1 unspecified atom stereocenters. The molecule has 0 aliphatic rings. The minimum atomic E-state index is -3.98. The fourth-order valence-corrected chi connectivity index (χ4v) is 5.79. The molecule has 0 aliphatic heterocycles. The number of carbonyl (C=O) groups is 2. The number of methoxy groups -OCH3 is 1. The third-order valence-electron chi connectivity index (χ3n) is 4.79. The van der Waals surface area contributed by atoms with E-state index in [1.807, 2.05) is 12.1 Å². The third-order valence-corrected chi connectivity index (χ3v) is 7.37. The highest BCUT2D eigenvalue weighted by Gasteiger charge is 2.32. The number of esters is 1. The van der Waals surface area contributed by atoms with Crippen LogP contribution < -0.4 is 10.0 Å². The summed E-state index contributed by atoms with van der Waals surface area (Å²) in [6.45, 7) is 8.72. The first-order chi connectivity index (χ1) is 15.3. The van der Waals surface area contributed by atoms with Crippen molar-refractivity contribution in [1.82, 2.24) is 4.72 Å². The first kappa shape index (κ1) is 24.9. The van der Waals surface area contributed by atoms with Crippen molar-refractivity contribution < 1.29 is 27.5 Å². The highest BCUT2D eigenvalue weighted by molar-refractivity contribution is 7.89. The molecule has 0 saturated carbocycles. The van der Waals surface area contributed by atoms with Crippen LogP contribution in [0.1, 0.15) is 34.6 Å². The van der Waals surface area contributed by atoms with Crippen molar-refractivity contribution in [3.05, 3.63) is 36.4 Å². The number of amides is 1. The van der Waals surface area contributed by atoms with Gasteiger partial charge in [0, 0.05) is 25.9 Å². The Labute approximate surface area is 197 Å². The van der Waals surface area contributed by atoms with Crippen LogP contribution in [-0.2, 0) is 24.3 Å². The zero-order valence-corrected chi connectivity index (χ0v) is 21.0. The number of anilines is 1. The quantitative estimate of drug-likeness (QED) is 0.475. The van der Waals surface area contributed by atoms with Gasteiger partial charge in [0.2, 0.25) is 10.0 Å². The largest absolute Gasteiger partial charge is 0.459 e. The van der Waals surface area contributed by atoms with Crippen molar-refractivity contribution >= 4 is 59.3 Å². The Morgan fingerprint density at radius 1 is 1.00 bits per heavy atom. The summed E-state index contributed by atoms with van der Waals surface area (Å²) in [5.74, 6) is -0.918. The van der Waals surface area contributed by atoms with Gasteiger partial charge in [-0.2, -0.15) is 4.72 Å². The molecule has 0 spiro atoms. The molecule has 0 saturated heterocycles. The molecule has 0 fully saturated rings. The Bertz CT molecular complexity index is 1310. The summed E-state index contributed by atoms with van der Waals surface area (Å²) in [6, 6.07) is 9.22. The van der Waals surface area contributed by atoms with Gasteiger partial charge in [0.15, 0.2) is 0 Å². The minimum Gasteiger partial charge on any atom is -0.459 e. The summed E-state index contributed by atoms with van der Waals surface area (Å²) >= 11 is 1.44. The lowest BCUT2D eigenvalue weighted by molar-refractivity contribution is -0.158. The van der Waals surface area contributed by atoms with E-state index in [0.717, 1.165) is 20.2 Å². The molecule has 8 nitrogen and oxygen atoms in total. The molecular formula is C23H28N2O6S2. The van der Waals surface area contributed by atoms with E-state index in [1.54, 1.807) is 52.8 Å². The van der Waals surface area contributed by atoms with Gasteiger partial charge in [0.1, 0.15) is 11.6 Å². The van der Waals surface area contributed by atoms with E-state index in [1.165, 1.54) is 24.5 Å². The Balaban J connectivity index is 1.94. The maximum absolute atomic E-state index is 13.1. The SMILES string of the molecule is COC(=O)Nc1ccc2sc3cc(S(=O)(=O)NC(C(=O)OC(C)(C)C)C(C)C)ccc3c2c1. The van der Waals surface area contributed by atoms with Gasteiger partial charge in [-0.1, -0.05) is 19.9 Å². The second kappa shape index (κ2) is 9.28. The summed E-state index contributed by atoms with van der Waals surface area (Å²) in [5.41, 5.74) is -0.155. The highest BCUT2D eigenvalue weighted by atomic mass is 32.2. The number of sulfonamides is 1. The summed E-state index contributed by atoms with van der Waals surface area (Å²) in [4.78, 5) is 24.1. The van der Waals surface area contributed by atoms with Gasteiger partial charge in [-0.25, -0.2) is 13.2 Å². The predicted octanol–water partition coefficient (Wildman–Crippen LogP) is 4.88. The van der Waals surface area contributed by atoms with Gasteiger partial charge in [-0.15, -0.1) is 11.3 Å². The van der Waals surface area contributed by atoms with Crippen LogP contribution >= 0.6 is 11.3 Å². The summed E-state index contributed by atoms with van der Waals surface area (Å²) in [7, 11) is -2.69. The molecule has 10 heteroatoms. The Morgan fingerprint density at radius 2 is 1.70 bits per heavy atom. The minimum absolute atomic E-state index is 0.0590. The van der Waals surface area contributed by atoms with Crippen molar-refractivity contribution in [2.24, 2.45) is 5.92 Å². The molecule has 0 aliphatic carbocycles. The molecule has 3 aromatic rings. The maximum atomic E-state index is 13.1. The topological polar surface area (TPSA) is 111 Å². The number of carbonyl (C=O) groups excluding carboxylic acids is 2. The van der Waals surface area contributed by atoms with Gasteiger partial charge in [0.05, 0.1) is 12.0 Å². The Hall–Kier alpha value is -2.69. The van der Waals surface area contributed by atoms with E-state index >= 15 is 0 Å². The second-order valence-electron chi connectivity index (χ2n) is 8.96. The van der Waals surface area contributed by atoms with Crippen molar-refractivity contribution in [1.29, 1.82) is 0 Å². The van der Waals surface area contributed by atoms with E-state index in [-0.39, 0.29) is 10.8 Å². The van der Waals surface area contributed by atoms with Crippen LogP contribution in [0.4, 0.5) is 10.5 Å². The normalized spacial score (nSPS) is 13.3. The number of rotatable bonds is 6. The molecule has 3 rings (SSSR count). The summed E-state index contributed by atoms with van der Waals surface area (Å²) in [5, 5.41) is 4.37. The van der Waals surface area contributed by atoms with Crippen LogP contribution in [0.2, 0.25) is 0 Å². The van der Waals surface area contributed by atoms with Crippen molar-refractivity contribution in [2.45, 2.75) is 51.2 Å². The van der Waals surface area contributed by atoms with Gasteiger partial charge in [-0.05, 0) is 57.0 Å². The average molecular weight is 493 g/mol. The lowest BCUT2D eigenvalue weighted by Gasteiger charge is -2.26. The molecule has 1 atom stereocenters. The number of hydrogen-bond acceptors (Lipinski definition) is 7. The van der Waals surface area contributed by atoms with E-state index in [4.69, 9.17) is 4.74 Å². The van der Waals surface area contributed by atoms with Crippen LogP contribution in [0.15, 0.2) is 41.3 Å². The standard InChI is InChI=1S/C23H28N2O6S2/c1-13(2)20(21(26)31-23(3,4)5)25-33(28,29)15-8-9-16-17-11-14(24-22(27)30-6)7-10-18(17)32-19(16)12-15/h7-13,20,25H,1-6H3,(H,24,27). The van der Waals surface area contributed by atoms with E-state index in [2.05, 4.69) is 14.8 Å². The zero-order chi connectivity index (χ0) is 24.6. The smallest absolute Gasteiger partial charge is 0.411 e. The van der Waals surface area contributed by atoms with Crippen LogP contribution in [0, 0.1) is 5.92 Å². The molecule has 33 heavy (non-hydrogen) atoms. The van der Waals surface area contributed by atoms with Gasteiger partial charge >= 0.3 is 12.1 Å². The number of nitrogens with one attached hydrogen (secondary N) is 2. The highest BCUT2D eigenvalue weighted by Crippen LogP contribution is 2.36. The van der Waals surface area contributed by atoms with Gasteiger partial charge in [-0.3, -0.25) is 10.1 Å². The lowest BCUT2D eigenvalue weighted by Crippen LogP contribution is -2.47. The molecule has 2 N–H and O–H groups in total. The third kappa shape index (κ3) is 5.82. The summed E-state index contributed by atoms with van der Waals surface area (Å²) < 4.78 is 40.5. The van der Waals surface area contributed by atoms with Crippen LogP contribution in [0.3, 0.4) is 0 Å². The first-order valence-electron chi connectivity index (χ1n) is 10.4. The first-order valence-corrected chi connectivity index (χ1v) is 12.7. The number of ether oxygens (including phenoxy) is 2. The van der Waals surface area contributed by atoms with Gasteiger partial charge in [0.25, 0.3) is 0 Å². The van der Waals surface area contributed by atoms with E-state index in [9.17, 15) is 18.0 Å². The predicted molar refractivity (Wildman–Crippen MR) is 130 cm³/mol. The Morgan fingerprint density at radius 3 is 2.30 bits per heavy atom. The number of benzene rings is 2. The number of fused-ring (bicyclic) bond motifs is 3. The molecule has 178 valence electrons. The van der Waals surface area contributed by atoms with Crippen LogP contribution in [0.5, 0.6) is 0 Å². The molecule has 1 aromatic heterocycles. The fourth-order valence-electron chi connectivity index (χ4n) is 3.23. The number of thiophene rings is 1. The van der Waals surface area contributed by atoms with E-state index < -0.39 is 33.7 Å². The Kier molecular flexibility index (Phi) is 7.01.